The number of amides is 1. The number of para-hydroxylation sites is 1. The van der Waals surface area contributed by atoms with Gasteiger partial charge in [0.2, 0.25) is 0 Å². The molecule has 0 bridgehead atoms. The van der Waals surface area contributed by atoms with Gasteiger partial charge in [0, 0.05) is 10.9 Å². The lowest BCUT2D eigenvalue weighted by atomic mass is 9.99. The lowest BCUT2D eigenvalue weighted by Gasteiger charge is -2.12. The van der Waals surface area contributed by atoms with Gasteiger partial charge in [0.1, 0.15) is 0 Å². The van der Waals surface area contributed by atoms with Gasteiger partial charge in [-0.3, -0.25) is 4.79 Å². The number of rotatable bonds is 5. The Hall–Kier alpha value is -3.65. The van der Waals surface area contributed by atoms with Crippen LogP contribution in [0.1, 0.15) is 21.5 Å². The number of pyridine rings is 1. The van der Waals surface area contributed by atoms with Crippen LogP contribution in [0.4, 0.5) is 0 Å². The van der Waals surface area contributed by atoms with Crippen molar-refractivity contribution < 1.29 is 14.3 Å². The Morgan fingerprint density at radius 1 is 1.14 bits per heavy atom. The second-order valence-corrected chi connectivity index (χ2v) is 6.45. The number of aromatic nitrogens is 1. The van der Waals surface area contributed by atoms with Crippen LogP contribution in [0.3, 0.4) is 0 Å². The minimum atomic E-state index is -0.583. The fourth-order valence-electron chi connectivity index (χ4n) is 2.99. The molecule has 0 atom stereocenters. The monoisotopic (exact) mass is 372 g/mol. The summed E-state index contributed by atoms with van der Waals surface area (Å²) in [4.78, 5) is 29.1. The van der Waals surface area contributed by atoms with Crippen molar-refractivity contribution in [2.75, 3.05) is 13.2 Å². The summed E-state index contributed by atoms with van der Waals surface area (Å²) in [5.74, 6) is 1.27. The van der Waals surface area contributed by atoms with E-state index in [0.29, 0.717) is 22.2 Å². The summed E-state index contributed by atoms with van der Waals surface area (Å²) in [5, 5.41) is 3.13. The number of esters is 1. The van der Waals surface area contributed by atoms with Crippen LogP contribution in [-0.4, -0.2) is 30.0 Å². The molecule has 5 nitrogen and oxygen atoms in total. The molecule has 0 saturated heterocycles. The molecule has 3 rings (SSSR count). The van der Waals surface area contributed by atoms with Gasteiger partial charge in [-0.1, -0.05) is 47.9 Å². The molecule has 28 heavy (non-hydrogen) atoms. The topological polar surface area (TPSA) is 68.3 Å². The predicted octanol–water partition coefficient (Wildman–Crippen LogP) is 3.42. The van der Waals surface area contributed by atoms with Crippen molar-refractivity contribution >= 4 is 22.8 Å². The largest absolute Gasteiger partial charge is 0.452 e. The highest BCUT2D eigenvalue weighted by Crippen LogP contribution is 2.28. The Balaban J connectivity index is 1.98. The number of ether oxygens (including phenoxy) is 1. The maximum atomic E-state index is 12.7. The lowest BCUT2D eigenvalue weighted by Crippen LogP contribution is -2.29. The first-order chi connectivity index (χ1) is 13.5. The van der Waals surface area contributed by atoms with Crippen molar-refractivity contribution in [3.05, 3.63) is 65.2 Å². The number of carbonyl (C=O) groups is 2. The number of hydrogen-bond donors (Lipinski definition) is 1. The molecule has 1 aromatic heterocycles. The Labute approximate surface area is 163 Å². The summed E-state index contributed by atoms with van der Waals surface area (Å²) >= 11 is 0. The van der Waals surface area contributed by atoms with Crippen LogP contribution in [0.2, 0.25) is 0 Å². The van der Waals surface area contributed by atoms with E-state index in [-0.39, 0.29) is 6.54 Å². The number of carbonyl (C=O) groups excluding carboxylic acids is 2. The van der Waals surface area contributed by atoms with Crippen LogP contribution in [-0.2, 0) is 9.53 Å². The van der Waals surface area contributed by atoms with Gasteiger partial charge in [0.25, 0.3) is 5.91 Å². The van der Waals surface area contributed by atoms with E-state index < -0.39 is 18.5 Å². The molecule has 0 saturated carbocycles. The van der Waals surface area contributed by atoms with Crippen LogP contribution < -0.4 is 5.32 Å². The van der Waals surface area contributed by atoms with Crippen LogP contribution >= 0.6 is 0 Å². The molecule has 0 radical (unpaired) electrons. The predicted molar refractivity (Wildman–Crippen MR) is 109 cm³/mol. The molecule has 0 fully saturated rings. The molecule has 1 N–H and O–H groups in total. The van der Waals surface area contributed by atoms with Gasteiger partial charge < -0.3 is 10.1 Å². The first-order valence-electron chi connectivity index (χ1n) is 8.84. The first kappa shape index (κ1) is 19.1. The maximum Gasteiger partial charge on any atom is 0.339 e. The third kappa shape index (κ3) is 4.18. The molecule has 0 aliphatic carbocycles. The second kappa shape index (κ2) is 8.36. The van der Waals surface area contributed by atoms with E-state index in [9.17, 15) is 9.59 Å². The van der Waals surface area contributed by atoms with Crippen LogP contribution in [0.15, 0.2) is 48.5 Å². The number of hydrogen-bond acceptors (Lipinski definition) is 4. The van der Waals surface area contributed by atoms with Gasteiger partial charge in [-0.2, -0.15) is 0 Å². The second-order valence-electron chi connectivity index (χ2n) is 6.45. The molecule has 0 unspecified atom stereocenters. The highest BCUT2D eigenvalue weighted by atomic mass is 16.5. The van der Waals surface area contributed by atoms with Gasteiger partial charge in [-0.05, 0) is 31.5 Å². The van der Waals surface area contributed by atoms with E-state index in [4.69, 9.17) is 16.1 Å². The number of nitrogens with zero attached hydrogens (tertiary/aromatic N) is 1. The number of nitrogens with one attached hydrogen (secondary N) is 1. The molecule has 140 valence electrons. The molecule has 5 heteroatoms. The number of aryl methyl sites for hydroxylation is 2. The first-order valence-corrected chi connectivity index (χ1v) is 8.84. The maximum absolute atomic E-state index is 12.7. The molecular formula is C23H20N2O3. The van der Waals surface area contributed by atoms with E-state index in [0.717, 1.165) is 16.7 Å². The summed E-state index contributed by atoms with van der Waals surface area (Å²) in [6.07, 6.45) is 5.10. The zero-order valence-corrected chi connectivity index (χ0v) is 15.8. The van der Waals surface area contributed by atoms with Gasteiger partial charge in [0.05, 0.1) is 23.3 Å². The normalized spacial score (nSPS) is 10.3. The zero-order chi connectivity index (χ0) is 20.1. The van der Waals surface area contributed by atoms with Crippen molar-refractivity contribution in [2.24, 2.45) is 0 Å². The van der Waals surface area contributed by atoms with Gasteiger partial charge in [0.15, 0.2) is 6.61 Å². The van der Waals surface area contributed by atoms with E-state index in [2.05, 4.69) is 17.3 Å². The fourth-order valence-corrected chi connectivity index (χ4v) is 2.99. The van der Waals surface area contributed by atoms with E-state index in [1.165, 1.54) is 0 Å². The molecule has 0 aliphatic rings. The smallest absolute Gasteiger partial charge is 0.339 e. The number of benzene rings is 2. The summed E-state index contributed by atoms with van der Waals surface area (Å²) in [6, 6.07) is 15.1. The molecule has 0 aliphatic heterocycles. The van der Waals surface area contributed by atoms with Crippen LogP contribution in [0.25, 0.3) is 22.2 Å². The van der Waals surface area contributed by atoms with Crippen molar-refractivity contribution in [1.29, 1.82) is 0 Å². The quantitative estimate of drug-likeness (QED) is 0.550. The summed E-state index contributed by atoms with van der Waals surface area (Å²) in [6.45, 7) is 3.73. The molecule has 1 amide bonds. The highest BCUT2D eigenvalue weighted by molar-refractivity contribution is 6.05. The third-order valence-corrected chi connectivity index (χ3v) is 4.32. The number of terminal acetylenes is 1. The Kier molecular flexibility index (Phi) is 5.71. The summed E-state index contributed by atoms with van der Waals surface area (Å²) < 4.78 is 5.19. The average molecular weight is 372 g/mol. The van der Waals surface area contributed by atoms with E-state index in [1.807, 2.05) is 50.2 Å². The van der Waals surface area contributed by atoms with Gasteiger partial charge in [-0.25, -0.2) is 9.78 Å². The fraction of sp³-hybridized carbons (Fsp3) is 0.174. The standard InChI is InChI=1S/C23H20N2O3/c1-4-11-24-22(26)14-28-23(27)19-13-21(17-10-9-15(2)12-16(17)3)25-20-8-6-5-7-18(19)20/h1,5-10,12-13H,11,14H2,2-3H3,(H,24,26). The highest BCUT2D eigenvalue weighted by Gasteiger charge is 2.17. The van der Waals surface area contributed by atoms with Crippen molar-refractivity contribution in [1.82, 2.24) is 10.3 Å². The minimum absolute atomic E-state index is 0.0887. The average Bonchev–Trinajstić information content (AvgIpc) is 2.69. The molecule has 2 aromatic carbocycles. The molecular weight excluding hydrogens is 352 g/mol. The Morgan fingerprint density at radius 2 is 1.93 bits per heavy atom. The van der Waals surface area contributed by atoms with Crippen molar-refractivity contribution in [3.63, 3.8) is 0 Å². The van der Waals surface area contributed by atoms with Crippen LogP contribution in [0, 0.1) is 26.2 Å². The van der Waals surface area contributed by atoms with E-state index in [1.54, 1.807) is 6.07 Å². The Bertz CT molecular complexity index is 1100. The molecule has 3 aromatic rings. The summed E-state index contributed by atoms with van der Waals surface area (Å²) in [7, 11) is 0. The third-order valence-electron chi connectivity index (χ3n) is 4.32. The van der Waals surface area contributed by atoms with E-state index >= 15 is 0 Å². The van der Waals surface area contributed by atoms with Crippen molar-refractivity contribution in [3.8, 4) is 23.6 Å². The SMILES string of the molecule is C#CCNC(=O)COC(=O)c1cc(-c2ccc(C)cc2C)nc2ccccc12. The zero-order valence-electron chi connectivity index (χ0n) is 15.8. The molecule has 0 spiro atoms. The van der Waals surface area contributed by atoms with Gasteiger partial charge in [-0.15, -0.1) is 6.42 Å². The lowest BCUT2D eigenvalue weighted by molar-refractivity contribution is -0.123. The van der Waals surface area contributed by atoms with Crippen molar-refractivity contribution in [2.45, 2.75) is 13.8 Å². The Morgan fingerprint density at radius 3 is 2.68 bits per heavy atom. The molecule has 1 heterocycles. The minimum Gasteiger partial charge on any atom is -0.452 e. The number of fused-ring (bicyclic) bond motifs is 1. The van der Waals surface area contributed by atoms with Gasteiger partial charge >= 0.3 is 5.97 Å². The van der Waals surface area contributed by atoms with Crippen LogP contribution in [0.5, 0.6) is 0 Å². The summed E-state index contributed by atoms with van der Waals surface area (Å²) in [5.41, 5.74) is 4.89.